The van der Waals surface area contributed by atoms with E-state index in [1.807, 2.05) is 18.3 Å². The zero-order valence-corrected chi connectivity index (χ0v) is 9.48. The number of likely N-dealkylation sites (N-methyl/N-ethyl adjacent to an activating group) is 1. The number of hydrogen-bond donors (Lipinski definition) is 1. The Labute approximate surface area is 91.5 Å². The number of aromatic nitrogens is 1. The molecule has 1 aliphatic rings. The van der Waals surface area contributed by atoms with Gasteiger partial charge < -0.3 is 10.2 Å². The summed E-state index contributed by atoms with van der Waals surface area (Å²) in [4.78, 5) is 6.73. The second kappa shape index (κ2) is 4.73. The molecular weight excluding hydrogens is 186 g/mol. The molecule has 2 atom stereocenters. The van der Waals surface area contributed by atoms with E-state index >= 15 is 0 Å². The molecule has 2 rings (SSSR count). The smallest absolute Gasteiger partial charge is 0.0570 e. The van der Waals surface area contributed by atoms with Gasteiger partial charge in [-0.1, -0.05) is 6.07 Å². The molecule has 0 bridgehead atoms. The Hall–Kier alpha value is -0.930. The van der Waals surface area contributed by atoms with Gasteiger partial charge in [0.25, 0.3) is 0 Å². The van der Waals surface area contributed by atoms with Crippen molar-refractivity contribution in [3.63, 3.8) is 0 Å². The second-order valence-electron chi connectivity index (χ2n) is 4.39. The predicted molar refractivity (Wildman–Crippen MR) is 61.7 cm³/mol. The predicted octanol–water partition coefficient (Wildman–Crippen LogP) is 1.44. The Kier molecular flexibility index (Phi) is 3.34. The zero-order chi connectivity index (χ0) is 10.7. The molecule has 0 spiro atoms. The van der Waals surface area contributed by atoms with Crippen LogP contribution in [0.15, 0.2) is 24.4 Å². The van der Waals surface area contributed by atoms with Gasteiger partial charge in [0.05, 0.1) is 5.69 Å². The Balaban J connectivity index is 1.90. The van der Waals surface area contributed by atoms with E-state index in [0.717, 1.165) is 12.2 Å². The summed E-state index contributed by atoms with van der Waals surface area (Å²) in [7, 11) is 2.17. The van der Waals surface area contributed by atoms with Crippen LogP contribution in [0.3, 0.4) is 0 Å². The third-order valence-corrected chi connectivity index (χ3v) is 3.01. The van der Waals surface area contributed by atoms with E-state index in [9.17, 15) is 0 Å². The van der Waals surface area contributed by atoms with Crippen LogP contribution in [0, 0.1) is 0 Å². The molecule has 0 saturated carbocycles. The van der Waals surface area contributed by atoms with Crippen LogP contribution in [0.1, 0.15) is 25.1 Å². The van der Waals surface area contributed by atoms with Crippen molar-refractivity contribution in [1.82, 2.24) is 15.2 Å². The first kappa shape index (κ1) is 10.6. The summed E-state index contributed by atoms with van der Waals surface area (Å²) < 4.78 is 0. The monoisotopic (exact) mass is 205 g/mol. The van der Waals surface area contributed by atoms with Crippen molar-refractivity contribution in [2.24, 2.45) is 0 Å². The van der Waals surface area contributed by atoms with Gasteiger partial charge in [-0.3, -0.25) is 4.98 Å². The van der Waals surface area contributed by atoms with E-state index in [-0.39, 0.29) is 0 Å². The van der Waals surface area contributed by atoms with Crippen LogP contribution in [0.4, 0.5) is 0 Å². The van der Waals surface area contributed by atoms with Crippen LogP contribution in [0.2, 0.25) is 0 Å². The molecule has 1 saturated heterocycles. The Morgan fingerprint density at radius 2 is 2.40 bits per heavy atom. The van der Waals surface area contributed by atoms with Crippen LogP contribution in [0.25, 0.3) is 0 Å². The maximum atomic E-state index is 4.36. The molecule has 0 aromatic carbocycles. The average Bonchev–Trinajstić information content (AvgIpc) is 2.65. The lowest BCUT2D eigenvalue weighted by atomic mass is 10.1. The van der Waals surface area contributed by atoms with E-state index in [1.165, 1.54) is 13.0 Å². The molecule has 0 unspecified atom stereocenters. The van der Waals surface area contributed by atoms with Gasteiger partial charge in [0.15, 0.2) is 0 Å². The highest BCUT2D eigenvalue weighted by Gasteiger charge is 2.21. The maximum absolute atomic E-state index is 4.36. The summed E-state index contributed by atoms with van der Waals surface area (Å²) in [5.41, 5.74) is 1.13. The van der Waals surface area contributed by atoms with Crippen molar-refractivity contribution in [3.8, 4) is 0 Å². The fourth-order valence-corrected chi connectivity index (χ4v) is 2.14. The van der Waals surface area contributed by atoms with Crippen LogP contribution in [0.5, 0.6) is 0 Å². The lowest BCUT2D eigenvalue weighted by molar-refractivity contribution is 0.386. The Bertz CT molecular complexity index is 299. The highest BCUT2D eigenvalue weighted by Crippen LogP contribution is 2.13. The molecule has 1 N–H and O–H groups in total. The number of pyridine rings is 1. The van der Waals surface area contributed by atoms with Crippen molar-refractivity contribution >= 4 is 0 Å². The minimum absolute atomic E-state index is 0.350. The van der Waals surface area contributed by atoms with Gasteiger partial charge in [0.1, 0.15) is 0 Å². The van der Waals surface area contributed by atoms with Crippen LogP contribution >= 0.6 is 0 Å². The summed E-state index contributed by atoms with van der Waals surface area (Å²) in [6.07, 6.45) is 3.10. The highest BCUT2D eigenvalue weighted by molar-refractivity contribution is 5.08. The molecule has 0 amide bonds. The summed E-state index contributed by atoms with van der Waals surface area (Å²) in [5.74, 6) is 0. The highest BCUT2D eigenvalue weighted by atomic mass is 15.2. The van der Waals surface area contributed by atoms with Crippen molar-refractivity contribution in [2.75, 3.05) is 20.1 Å². The SMILES string of the molecule is C[C@@H](N[C@H]1CCN(C)C1)c1ccccn1. The number of nitrogens with zero attached hydrogens (tertiary/aromatic N) is 2. The molecule has 82 valence electrons. The van der Waals surface area contributed by atoms with E-state index < -0.39 is 0 Å². The summed E-state index contributed by atoms with van der Waals surface area (Å²) in [5, 5.41) is 3.62. The van der Waals surface area contributed by atoms with Crippen molar-refractivity contribution < 1.29 is 0 Å². The van der Waals surface area contributed by atoms with E-state index in [0.29, 0.717) is 12.1 Å². The molecular formula is C12H19N3. The van der Waals surface area contributed by atoms with E-state index in [4.69, 9.17) is 0 Å². The molecule has 1 aliphatic heterocycles. The lowest BCUT2D eigenvalue weighted by Crippen LogP contribution is -2.33. The molecule has 2 heterocycles. The maximum Gasteiger partial charge on any atom is 0.0570 e. The minimum Gasteiger partial charge on any atom is -0.305 e. The van der Waals surface area contributed by atoms with Gasteiger partial charge in [-0.2, -0.15) is 0 Å². The van der Waals surface area contributed by atoms with Crippen LogP contribution < -0.4 is 5.32 Å². The largest absolute Gasteiger partial charge is 0.305 e. The van der Waals surface area contributed by atoms with Gasteiger partial charge in [-0.15, -0.1) is 0 Å². The number of likely N-dealkylation sites (tertiary alicyclic amines) is 1. The van der Waals surface area contributed by atoms with E-state index in [2.05, 4.69) is 35.2 Å². The van der Waals surface area contributed by atoms with Gasteiger partial charge in [0.2, 0.25) is 0 Å². The van der Waals surface area contributed by atoms with Gasteiger partial charge in [-0.05, 0) is 39.1 Å². The number of hydrogen-bond acceptors (Lipinski definition) is 3. The Morgan fingerprint density at radius 3 is 3.00 bits per heavy atom. The fourth-order valence-electron chi connectivity index (χ4n) is 2.14. The van der Waals surface area contributed by atoms with Gasteiger partial charge in [0, 0.05) is 24.8 Å². The first-order chi connectivity index (χ1) is 7.25. The molecule has 0 radical (unpaired) electrons. The third kappa shape index (κ3) is 2.76. The van der Waals surface area contributed by atoms with E-state index in [1.54, 1.807) is 0 Å². The summed E-state index contributed by atoms with van der Waals surface area (Å²) >= 11 is 0. The molecule has 3 heteroatoms. The molecule has 1 fully saturated rings. The zero-order valence-electron chi connectivity index (χ0n) is 9.48. The second-order valence-corrected chi connectivity index (χ2v) is 4.39. The molecule has 15 heavy (non-hydrogen) atoms. The number of nitrogens with one attached hydrogen (secondary N) is 1. The first-order valence-corrected chi connectivity index (χ1v) is 5.61. The quantitative estimate of drug-likeness (QED) is 0.809. The van der Waals surface area contributed by atoms with Crippen molar-refractivity contribution in [3.05, 3.63) is 30.1 Å². The minimum atomic E-state index is 0.350. The topological polar surface area (TPSA) is 28.2 Å². The third-order valence-electron chi connectivity index (χ3n) is 3.01. The first-order valence-electron chi connectivity index (χ1n) is 5.61. The fraction of sp³-hybridized carbons (Fsp3) is 0.583. The number of rotatable bonds is 3. The molecule has 1 aromatic rings. The van der Waals surface area contributed by atoms with Crippen LogP contribution in [-0.4, -0.2) is 36.1 Å². The molecule has 1 aromatic heterocycles. The lowest BCUT2D eigenvalue weighted by Gasteiger charge is -2.18. The molecule has 0 aliphatic carbocycles. The van der Waals surface area contributed by atoms with Crippen LogP contribution in [-0.2, 0) is 0 Å². The van der Waals surface area contributed by atoms with Crippen molar-refractivity contribution in [2.45, 2.75) is 25.4 Å². The van der Waals surface area contributed by atoms with Crippen molar-refractivity contribution in [1.29, 1.82) is 0 Å². The normalized spacial score (nSPS) is 24.3. The summed E-state index contributed by atoms with van der Waals surface area (Å²) in [6, 6.07) is 7.05. The Morgan fingerprint density at radius 1 is 1.53 bits per heavy atom. The average molecular weight is 205 g/mol. The summed E-state index contributed by atoms with van der Waals surface area (Å²) in [6.45, 7) is 4.53. The van der Waals surface area contributed by atoms with Gasteiger partial charge >= 0.3 is 0 Å². The standard InChI is InChI=1S/C12H19N3/c1-10(12-5-3-4-7-13-12)14-11-6-8-15(2)9-11/h3-5,7,10-11,14H,6,8-9H2,1-2H3/t10-,11+/m1/s1. The van der Waals surface area contributed by atoms with Gasteiger partial charge in [-0.25, -0.2) is 0 Å². The molecule has 3 nitrogen and oxygen atoms in total.